The van der Waals surface area contributed by atoms with Gasteiger partial charge >= 0.3 is 12.0 Å². The van der Waals surface area contributed by atoms with Crippen LogP contribution >= 0.6 is 27.5 Å². The zero-order valence-electron chi connectivity index (χ0n) is 10.9. The first-order valence-corrected chi connectivity index (χ1v) is 6.82. The van der Waals surface area contributed by atoms with E-state index in [-0.39, 0.29) is 0 Å². The average Bonchev–Trinajstić information content (AvgIpc) is 2.35. The number of carbonyl (C=O) groups excluding carboxylic acids is 2. The predicted molar refractivity (Wildman–Crippen MR) is 79.5 cm³/mol. The molecule has 0 atom stereocenters. The molecule has 1 aromatic carbocycles. The minimum absolute atomic E-state index is 0.391. The molecule has 1 aromatic rings. The van der Waals surface area contributed by atoms with Crippen LogP contribution < -0.4 is 10.6 Å². The number of aryl methyl sites for hydroxylation is 1. The number of urea groups is 1. The number of rotatable bonds is 5. The van der Waals surface area contributed by atoms with Gasteiger partial charge in [-0.1, -0.05) is 11.6 Å². The Balaban J connectivity index is 2.52. The molecule has 0 unspecified atom stereocenters. The maximum absolute atomic E-state index is 11.6. The fourth-order valence-corrected chi connectivity index (χ4v) is 2.01. The van der Waals surface area contributed by atoms with Crippen molar-refractivity contribution in [3.05, 3.63) is 27.2 Å². The Morgan fingerprint density at radius 1 is 1.33 bits per heavy atom. The molecular weight excluding hydrogens is 367 g/mol. The topological polar surface area (TPSA) is 105 Å². The van der Waals surface area contributed by atoms with Gasteiger partial charge in [-0.3, -0.25) is 10.1 Å². The summed E-state index contributed by atoms with van der Waals surface area (Å²) in [6.07, 6.45) is 0. The number of carboxylic acids is 1. The highest BCUT2D eigenvalue weighted by Crippen LogP contribution is 2.28. The molecule has 21 heavy (non-hydrogen) atoms. The van der Waals surface area contributed by atoms with Crippen LogP contribution in [0.25, 0.3) is 0 Å². The second-order valence-corrected chi connectivity index (χ2v) is 5.23. The van der Waals surface area contributed by atoms with Gasteiger partial charge in [-0.15, -0.1) is 0 Å². The van der Waals surface area contributed by atoms with Crippen molar-refractivity contribution in [2.45, 2.75) is 6.92 Å². The van der Waals surface area contributed by atoms with Crippen molar-refractivity contribution < 1.29 is 24.2 Å². The van der Waals surface area contributed by atoms with Gasteiger partial charge in [0.2, 0.25) is 0 Å². The van der Waals surface area contributed by atoms with Gasteiger partial charge in [0, 0.05) is 9.50 Å². The molecule has 0 radical (unpaired) electrons. The Morgan fingerprint density at radius 3 is 2.62 bits per heavy atom. The van der Waals surface area contributed by atoms with Crippen LogP contribution in [0, 0.1) is 6.92 Å². The molecule has 1 rings (SSSR count). The molecule has 0 aromatic heterocycles. The number of halogens is 2. The molecule has 0 saturated carbocycles. The van der Waals surface area contributed by atoms with Crippen LogP contribution in [-0.4, -0.2) is 36.2 Å². The third kappa shape index (κ3) is 6.11. The first kappa shape index (κ1) is 17.4. The number of carbonyl (C=O) groups is 3. The molecule has 0 heterocycles. The second-order valence-electron chi connectivity index (χ2n) is 3.97. The Kier molecular flexibility index (Phi) is 6.60. The van der Waals surface area contributed by atoms with E-state index in [1.807, 2.05) is 5.32 Å². The summed E-state index contributed by atoms with van der Waals surface area (Å²) in [5.74, 6) is -1.96. The molecular formula is C12H12BrClN2O5. The van der Waals surface area contributed by atoms with Crippen molar-refractivity contribution in [3.8, 4) is 0 Å². The lowest BCUT2D eigenvalue weighted by Gasteiger charge is -2.10. The molecule has 9 heteroatoms. The van der Waals surface area contributed by atoms with Gasteiger partial charge in [0.1, 0.15) is 13.2 Å². The summed E-state index contributed by atoms with van der Waals surface area (Å²) in [4.78, 5) is 33.1. The van der Waals surface area contributed by atoms with Crippen LogP contribution in [0.1, 0.15) is 5.56 Å². The van der Waals surface area contributed by atoms with E-state index in [1.165, 1.54) is 6.07 Å². The Hall–Kier alpha value is -1.64. The number of anilines is 1. The van der Waals surface area contributed by atoms with Gasteiger partial charge < -0.3 is 15.2 Å². The van der Waals surface area contributed by atoms with E-state index >= 15 is 0 Å². The second kappa shape index (κ2) is 7.96. The monoisotopic (exact) mass is 378 g/mol. The van der Waals surface area contributed by atoms with Gasteiger partial charge in [-0.05, 0) is 40.5 Å². The van der Waals surface area contributed by atoms with Crippen molar-refractivity contribution >= 4 is 51.1 Å². The highest BCUT2D eigenvalue weighted by molar-refractivity contribution is 9.10. The number of nitrogens with one attached hydrogen (secondary N) is 2. The van der Waals surface area contributed by atoms with E-state index in [2.05, 4.69) is 26.0 Å². The lowest BCUT2D eigenvalue weighted by atomic mass is 10.2. The fraction of sp³-hybridized carbons (Fsp3) is 0.250. The lowest BCUT2D eigenvalue weighted by Crippen LogP contribution is -2.37. The Labute approximate surface area is 133 Å². The molecule has 0 aliphatic rings. The minimum atomic E-state index is -1.20. The van der Waals surface area contributed by atoms with Gasteiger partial charge in [0.05, 0.1) is 5.69 Å². The van der Waals surface area contributed by atoms with E-state index in [1.54, 1.807) is 13.0 Å². The summed E-state index contributed by atoms with van der Waals surface area (Å²) in [6, 6.07) is 2.47. The van der Waals surface area contributed by atoms with E-state index in [0.717, 1.165) is 5.56 Å². The molecule has 7 nitrogen and oxygen atoms in total. The molecule has 3 N–H and O–H groups in total. The number of hydrogen-bond donors (Lipinski definition) is 3. The van der Waals surface area contributed by atoms with E-state index in [4.69, 9.17) is 16.7 Å². The Bertz CT molecular complexity index is 579. The highest BCUT2D eigenvalue weighted by Gasteiger charge is 2.11. The van der Waals surface area contributed by atoms with Crippen molar-refractivity contribution in [3.63, 3.8) is 0 Å². The minimum Gasteiger partial charge on any atom is -0.480 e. The molecule has 0 bridgehead atoms. The maximum Gasteiger partial charge on any atom is 0.329 e. The largest absolute Gasteiger partial charge is 0.480 e. The smallest absolute Gasteiger partial charge is 0.329 e. The number of carboxylic acid groups (broad SMARTS) is 1. The van der Waals surface area contributed by atoms with Gasteiger partial charge in [0.25, 0.3) is 5.91 Å². The van der Waals surface area contributed by atoms with E-state index < -0.39 is 31.1 Å². The standard InChI is InChI=1S/C12H12BrClN2O5/c1-6-2-7(13)9(3-8(6)14)15-12(20)16-10(17)4-21-5-11(18)19/h2-3H,4-5H2,1H3,(H,18,19)(H2,15,16,17,20). The quantitative estimate of drug-likeness (QED) is 0.727. The zero-order valence-corrected chi connectivity index (χ0v) is 13.2. The Morgan fingerprint density at radius 2 is 2.00 bits per heavy atom. The van der Waals surface area contributed by atoms with Crippen LogP contribution in [-0.2, 0) is 14.3 Å². The lowest BCUT2D eigenvalue weighted by molar-refractivity contribution is -0.143. The summed E-state index contributed by atoms with van der Waals surface area (Å²) in [5, 5.41) is 13.2. The molecule has 0 spiro atoms. The highest BCUT2D eigenvalue weighted by atomic mass is 79.9. The van der Waals surface area contributed by atoms with Crippen LogP contribution in [0.4, 0.5) is 10.5 Å². The number of ether oxygens (including phenoxy) is 1. The van der Waals surface area contributed by atoms with Crippen LogP contribution in [0.5, 0.6) is 0 Å². The fourth-order valence-electron chi connectivity index (χ4n) is 1.29. The number of benzene rings is 1. The molecule has 0 aliphatic carbocycles. The molecule has 0 aliphatic heterocycles. The summed E-state index contributed by atoms with van der Waals surface area (Å²) in [6.45, 7) is 0.657. The average molecular weight is 380 g/mol. The third-order valence-corrected chi connectivity index (χ3v) is 3.27. The first-order chi connectivity index (χ1) is 9.79. The van der Waals surface area contributed by atoms with Crippen molar-refractivity contribution in [2.24, 2.45) is 0 Å². The third-order valence-electron chi connectivity index (χ3n) is 2.21. The normalized spacial score (nSPS) is 10.0. The van der Waals surface area contributed by atoms with Crippen molar-refractivity contribution in [2.75, 3.05) is 18.5 Å². The van der Waals surface area contributed by atoms with Crippen molar-refractivity contribution in [1.82, 2.24) is 5.32 Å². The first-order valence-electron chi connectivity index (χ1n) is 5.65. The number of aliphatic carboxylic acids is 1. The maximum atomic E-state index is 11.6. The molecule has 0 fully saturated rings. The summed E-state index contributed by atoms with van der Waals surface area (Å²) < 4.78 is 5.15. The summed E-state index contributed by atoms with van der Waals surface area (Å²) in [5.41, 5.74) is 1.22. The summed E-state index contributed by atoms with van der Waals surface area (Å²) in [7, 11) is 0. The van der Waals surface area contributed by atoms with Crippen LogP contribution in [0.15, 0.2) is 16.6 Å². The van der Waals surface area contributed by atoms with Gasteiger partial charge in [-0.2, -0.15) is 0 Å². The SMILES string of the molecule is Cc1cc(Br)c(NC(=O)NC(=O)COCC(=O)O)cc1Cl. The van der Waals surface area contributed by atoms with Crippen molar-refractivity contribution in [1.29, 1.82) is 0 Å². The molecule has 3 amide bonds. The van der Waals surface area contributed by atoms with Crippen LogP contribution in [0.3, 0.4) is 0 Å². The zero-order chi connectivity index (χ0) is 16.0. The van der Waals surface area contributed by atoms with Crippen LogP contribution in [0.2, 0.25) is 5.02 Å². The number of amides is 3. The molecule has 0 saturated heterocycles. The van der Waals surface area contributed by atoms with E-state index in [9.17, 15) is 14.4 Å². The number of hydrogen-bond acceptors (Lipinski definition) is 4. The number of imide groups is 1. The predicted octanol–water partition coefficient (Wildman–Crippen LogP) is 2.16. The molecule has 114 valence electrons. The summed E-state index contributed by atoms with van der Waals surface area (Å²) >= 11 is 9.20. The van der Waals surface area contributed by atoms with Gasteiger partial charge in [-0.25, -0.2) is 9.59 Å². The van der Waals surface area contributed by atoms with Gasteiger partial charge in [0.15, 0.2) is 0 Å². The van der Waals surface area contributed by atoms with E-state index in [0.29, 0.717) is 15.2 Å².